The van der Waals surface area contributed by atoms with Gasteiger partial charge in [0.15, 0.2) is 0 Å². The van der Waals surface area contributed by atoms with Crippen molar-refractivity contribution in [2.24, 2.45) is 0 Å². The first-order valence-corrected chi connectivity index (χ1v) is 8.85. The lowest BCUT2D eigenvalue weighted by molar-refractivity contribution is -0.115. The minimum Gasteiger partial charge on any atom is -0.343 e. The summed E-state index contributed by atoms with van der Waals surface area (Å²) in [5.41, 5.74) is 3.88. The maximum absolute atomic E-state index is 13.0. The van der Waals surface area contributed by atoms with Crippen LogP contribution in [0, 0.1) is 5.82 Å². The van der Waals surface area contributed by atoms with Crippen LogP contribution in [0.25, 0.3) is 10.9 Å². The van der Waals surface area contributed by atoms with Gasteiger partial charge in [0.1, 0.15) is 5.82 Å². The first-order chi connectivity index (χ1) is 13.2. The lowest BCUT2D eigenvalue weighted by Gasteiger charge is -2.05. The van der Waals surface area contributed by atoms with Gasteiger partial charge in [-0.1, -0.05) is 48.5 Å². The number of carbonyl (C=O) groups excluding carboxylic acids is 1. The SMILES string of the molecule is O=C(Cc1cn(Cc2ccccc2)c2ccccc12)Nc1ccc(F)cc1. The molecule has 0 unspecified atom stereocenters. The number of fused-ring (bicyclic) bond motifs is 1. The average molecular weight is 358 g/mol. The number of nitrogens with one attached hydrogen (secondary N) is 1. The highest BCUT2D eigenvalue weighted by molar-refractivity contribution is 5.96. The van der Waals surface area contributed by atoms with Crippen molar-refractivity contribution in [1.82, 2.24) is 4.57 Å². The molecule has 0 radical (unpaired) electrons. The van der Waals surface area contributed by atoms with E-state index in [1.807, 2.05) is 42.6 Å². The van der Waals surface area contributed by atoms with Gasteiger partial charge >= 0.3 is 0 Å². The van der Waals surface area contributed by atoms with Gasteiger partial charge in [-0.15, -0.1) is 0 Å². The largest absolute Gasteiger partial charge is 0.343 e. The fourth-order valence-corrected chi connectivity index (χ4v) is 3.29. The van der Waals surface area contributed by atoms with Crippen molar-refractivity contribution in [3.05, 3.63) is 102 Å². The van der Waals surface area contributed by atoms with Crippen molar-refractivity contribution < 1.29 is 9.18 Å². The van der Waals surface area contributed by atoms with Crippen molar-refractivity contribution in [3.8, 4) is 0 Å². The van der Waals surface area contributed by atoms with Crippen LogP contribution in [0.5, 0.6) is 0 Å². The van der Waals surface area contributed by atoms with Gasteiger partial charge in [0.25, 0.3) is 0 Å². The third kappa shape index (κ3) is 3.90. The number of aromatic nitrogens is 1. The third-order valence-electron chi connectivity index (χ3n) is 4.55. The van der Waals surface area contributed by atoms with Crippen LogP contribution >= 0.6 is 0 Å². The van der Waals surface area contributed by atoms with Gasteiger partial charge in [-0.05, 0) is 41.5 Å². The molecule has 4 rings (SSSR count). The predicted molar refractivity (Wildman–Crippen MR) is 106 cm³/mol. The van der Waals surface area contributed by atoms with Crippen molar-refractivity contribution in [2.45, 2.75) is 13.0 Å². The molecule has 1 amide bonds. The van der Waals surface area contributed by atoms with E-state index in [1.165, 1.54) is 17.7 Å². The van der Waals surface area contributed by atoms with Crippen LogP contribution in [0.2, 0.25) is 0 Å². The summed E-state index contributed by atoms with van der Waals surface area (Å²) in [6, 6.07) is 24.1. The van der Waals surface area contributed by atoms with Gasteiger partial charge in [-0.25, -0.2) is 4.39 Å². The predicted octanol–water partition coefficient (Wildman–Crippen LogP) is 5.01. The molecule has 1 heterocycles. The van der Waals surface area contributed by atoms with Crippen molar-refractivity contribution in [3.63, 3.8) is 0 Å². The standard InChI is InChI=1S/C23H19FN2O/c24-19-10-12-20(13-11-19)25-23(27)14-18-16-26(15-17-6-2-1-3-7-17)22-9-5-4-8-21(18)22/h1-13,16H,14-15H2,(H,25,27). The Morgan fingerprint density at radius 3 is 2.37 bits per heavy atom. The summed E-state index contributed by atoms with van der Waals surface area (Å²) in [4.78, 5) is 12.5. The zero-order chi connectivity index (χ0) is 18.6. The Hall–Kier alpha value is -3.40. The Labute approximate surface area is 157 Å². The number of carbonyl (C=O) groups is 1. The maximum Gasteiger partial charge on any atom is 0.228 e. The Bertz CT molecular complexity index is 1070. The van der Waals surface area contributed by atoms with Gasteiger partial charge in [0, 0.05) is 29.3 Å². The molecule has 134 valence electrons. The summed E-state index contributed by atoms with van der Waals surface area (Å²) in [5.74, 6) is -0.443. The highest BCUT2D eigenvalue weighted by atomic mass is 19.1. The van der Waals surface area contributed by atoms with E-state index in [4.69, 9.17) is 0 Å². The van der Waals surface area contributed by atoms with E-state index in [2.05, 4.69) is 28.1 Å². The molecule has 3 nitrogen and oxygen atoms in total. The number of benzene rings is 3. The molecule has 3 aromatic carbocycles. The van der Waals surface area contributed by atoms with Crippen LogP contribution in [0.4, 0.5) is 10.1 Å². The highest BCUT2D eigenvalue weighted by Crippen LogP contribution is 2.23. The van der Waals surface area contributed by atoms with E-state index in [-0.39, 0.29) is 18.1 Å². The monoisotopic (exact) mass is 358 g/mol. The van der Waals surface area contributed by atoms with Gasteiger partial charge < -0.3 is 9.88 Å². The van der Waals surface area contributed by atoms with Crippen LogP contribution < -0.4 is 5.32 Å². The fourth-order valence-electron chi connectivity index (χ4n) is 3.29. The molecule has 0 atom stereocenters. The van der Waals surface area contributed by atoms with Crippen LogP contribution in [-0.4, -0.2) is 10.5 Å². The second-order valence-corrected chi connectivity index (χ2v) is 6.52. The van der Waals surface area contributed by atoms with Gasteiger partial charge in [0.2, 0.25) is 5.91 Å². The maximum atomic E-state index is 13.0. The summed E-state index contributed by atoms with van der Waals surface area (Å²) < 4.78 is 15.2. The number of hydrogen-bond acceptors (Lipinski definition) is 1. The zero-order valence-corrected chi connectivity index (χ0v) is 14.7. The molecule has 1 N–H and O–H groups in total. The number of para-hydroxylation sites is 1. The topological polar surface area (TPSA) is 34.0 Å². The lowest BCUT2D eigenvalue weighted by Crippen LogP contribution is -2.14. The molecule has 4 heteroatoms. The number of amides is 1. The molecule has 4 aromatic rings. The number of nitrogens with zero attached hydrogens (tertiary/aromatic N) is 1. The second-order valence-electron chi connectivity index (χ2n) is 6.52. The van der Waals surface area contributed by atoms with Gasteiger partial charge in [0.05, 0.1) is 6.42 Å². The molecule has 0 aliphatic rings. The fraction of sp³-hybridized carbons (Fsp3) is 0.0870. The first kappa shape index (κ1) is 17.0. The zero-order valence-electron chi connectivity index (χ0n) is 14.7. The smallest absolute Gasteiger partial charge is 0.228 e. The Balaban J connectivity index is 1.58. The van der Waals surface area contributed by atoms with E-state index in [0.29, 0.717) is 5.69 Å². The van der Waals surface area contributed by atoms with E-state index in [9.17, 15) is 9.18 Å². The summed E-state index contributed by atoms with van der Waals surface area (Å²) in [6.07, 6.45) is 2.31. The number of rotatable bonds is 5. The molecule has 0 bridgehead atoms. The molecule has 0 saturated carbocycles. The molecule has 0 fully saturated rings. The number of halogens is 1. The molecular weight excluding hydrogens is 339 g/mol. The van der Waals surface area contributed by atoms with Crippen LogP contribution in [0.3, 0.4) is 0 Å². The molecule has 27 heavy (non-hydrogen) atoms. The first-order valence-electron chi connectivity index (χ1n) is 8.85. The van der Waals surface area contributed by atoms with E-state index < -0.39 is 0 Å². The minimum atomic E-state index is -0.322. The third-order valence-corrected chi connectivity index (χ3v) is 4.55. The summed E-state index contributed by atoms with van der Waals surface area (Å²) in [6.45, 7) is 0.751. The van der Waals surface area contributed by atoms with Crippen LogP contribution in [0.15, 0.2) is 85.1 Å². The lowest BCUT2D eigenvalue weighted by atomic mass is 10.1. The van der Waals surface area contributed by atoms with E-state index >= 15 is 0 Å². The Morgan fingerprint density at radius 1 is 0.889 bits per heavy atom. The van der Waals surface area contributed by atoms with Crippen LogP contribution in [-0.2, 0) is 17.8 Å². The Kier molecular flexibility index (Phi) is 4.71. The quantitative estimate of drug-likeness (QED) is 0.535. The minimum absolute atomic E-state index is 0.121. The van der Waals surface area contributed by atoms with E-state index in [0.717, 1.165) is 23.0 Å². The number of hydrogen-bond donors (Lipinski definition) is 1. The Morgan fingerprint density at radius 2 is 1.59 bits per heavy atom. The average Bonchev–Trinajstić information content (AvgIpc) is 3.02. The highest BCUT2D eigenvalue weighted by Gasteiger charge is 2.12. The molecule has 1 aromatic heterocycles. The van der Waals surface area contributed by atoms with E-state index in [1.54, 1.807) is 12.1 Å². The normalized spacial score (nSPS) is 10.9. The number of anilines is 1. The van der Waals surface area contributed by atoms with Gasteiger partial charge in [-0.3, -0.25) is 4.79 Å². The molecular formula is C23H19FN2O. The molecule has 0 saturated heterocycles. The van der Waals surface area contributed by atoms with Crippen molar-refractivity contribution in [2.75, 3.05) is 5.32 Å². The van der Waals surface area contributed by atoms with Crippen molar-refractivity contribution in [1.29, 1.82) is 0 Å². The van der Waals surface area contributed by atoms with Crippen LogP contribution in [0.1, 0.15) is 11.1 Å². The van der Waals surface area contributed by atoms with Crippen molar-refractivity contribution >= 4 is 22.5 Å². The second kappa shape index (κ2) is 7.46. The molecule has 0 aliphatic carbocycles. The summed E-state index contributed by atoms with van der Waals surface area (Å²) >= 11 is 0. The summed E-state index contributed by atoms with van der Waals surface area (Å²) in [5, 5.41) is 3.90. The summed E-state index contributed by atoms with van der Waals surface area (Å²) in [7, 11) is 0. The molecule has 0 aliphatic heterocycles. The van der Waals surface area contributed by atoms with Gasteiger partial charge in [-0.2, -0.15) is 0 Å². The molecule has 0 spiro atoms.